The zero-order valence-corrected chi connectivity index (χ0v) is 20.0. The normalized spacial score (nSPS) is 11.2. The number of pyridine rings is 1. The molecule has 8 nitrogen and oxygen atoms in total. The molecule has 3 aromatic rings. The third-order valence-electron chi connectivity index (χ3n) is 5.36. The van der Waals surface area contributed by atoms with Crippen molar-refractivity contribution in [3.8, 4) is 23.3 Å². The summed E-state index contributed by atoms with van der Waals surface area (Å²) in [6.45, 7) is 3.85. The molecule has 1 atom stereocenters. The highest BCUT2D eigenvalue weighted by Gasteiger charge is 2.25. The number of nitrogens with zero attached hydrogens (tertiary/aromatic N) is 3. The summed E-state index contributed by atoms with van der Waals surface area (Å²) >= 11 is 1.08. The van der Waals surface area contributed by atoms with Crippen LogP contribution in [0.25, 0.3) is 11.1 Å². The van der Waals surface area contributed by atoms with Gasteiger partial charge >= 0.3 is 5.97 Å². The fourth-order valence-corrected chi connectivity index (χ4v) is 4.51. The highest BCUT2D eigenvalue weighted by molar-refractivity contribution is 8.00. The van der Waals surface area contributed by atoms with Crippen LogP contribution >= 0.6 is 11.8 Å². The van der Waals surface area contributed by atoms with E-state index in [-0.39, 0.29) is 33.4 Å². The van der Waals surface area contributed by atoms with Crippen molar-refractivity contribution < 1.29 is 14.7 Å². The average molecular weight is 486 g/mol. The average Bonchev–Trinajstić information content (AvgIpc) is 2.86. The summed E-state index contributed by atoms with van der Waals surface area (Å²) in [7, 11) is 0. The lowest BCUT2D eigenvalue weighted by Gasteiger charge is -2.18. The van der Waals surface area contributed by atoms with Gasteiger partial charge in [-0.2, -0.15) is 10.5 Å². The van der Waals surface area contributed by atoms with Gasteiger partial charge < -0.3 is 16.2 Å². The second kappa shape index (κ2) is 11.2. The molecular weight excluding hydrogens is 462 g/mol. The van der Waals surface area contributed by atoms with Crippen LogP contribution in [-0.2, 0) is 11.2 Å². The molecule has 1 aromatic heterocycles. The van der Waals surface area contributed by atoms with Gasteiger partial charge in [-0.15, -0.1) is 0 Å². The van der Waals surface area contributed by atoms with Crippen molar-refractivity contribution in [3.05, 3.63) is 70.8 Å². The number of hydrogen-bond donors (Lipinski definition) is 3. The second-order valence-corrected chi connectivity index (χ2v) is 8.78. The minimum absolute atomic E-state index is 0.0204. The maximum absolute atomic E-state index is 13.0. The van der Waals surface area contributed by atoms with E-state index in [1.807, 2.05) is 38.1 Å². The van der Waals surface area contributed by atoms with Gasteiger partial charge in [-0.1, -0.05) is 55.9 Å². The number of carboxylic acid groups (broad SMARTS) is 1. The Balaban J connectivity index is 1.99. The van der Waals surface area contributed by atoms with E-state index in [0.29, 0.717) is 23.2 Å². The molecule has 0 aliphatic rings. The fourth-order valence-electron chi connectivity index (χ4n) is 3.49. The number of carboxylic acids is 1. The van der Waals surface area contributed by atoms with E-state index in [1.165, 1.54) is 12.1 Å². The molecule has 0 saturated carbocycles. The second-order valence-electron chi connectivity index (χ2n) is 7.59. The molecule has 35 heavy (non-hydrogen) atoms. The summed E-state index contributed by atoms with van der Waals surface area (Å²) in [6, 6.07) is 17.7. The van der Waals surface area contributed by atoms with Crippen LogP contribution in [-0.4, -0.2) is 27.2 Å². The molecule has 1 unspecified atom stereocenters. The molecule has 176 valence electrons. The predicted molar refractivity (Wildman–Crippen MR) is 135 cm³/mol. The number of rotatable bonds is 8. The highest BCUT2D eigenvalue weighted by Crippen LogP contribution is 2.37. The lowest BCUT2D eigenvalue weighted by molar-refractivity contribution is -0.115. The monoisotopic (exact) mass is 485 g/mol. The lowest BCUT2D eigenvalue weighted by Crippen LogP contribution is -2.25. The third-order valence-corrected chi connectivity index (χ3v) is 6.71. The highest BCUT2D eigenvalue weighted by atomic mass is 32.2. The van der Waals surface area contributed by atoms with Gasteiger partial charge in [0.15, 0.2) is 0 Å². The van der Waals surface area contributed by atoms with Crippen LogP contribution in [0.2, 0.25) is 0 Å². The number of carbonyl (C=O) groups excluding carboxylic acids is 1. The zero-order chi connectivity index (χ0) is 25.5. The minimum atomic E-state index is -1.10. The van der Waals surface area contributed by atoms with Gasteiger partial charge in [0.05, 0.1) is 16.4 Å². The van der Waals surface area contributed by atoms with Crippen molar-refractivity contribution in [3.63, 3.8) is 0 Å². The Morgan fingerprint density at radius 2 is 1.80 bits per heavy atom. The van der Waals surface area contributed by atoms with Gasteiger partial charge in [-0.05, 0) is 42.2 Å². The standard InChI is InChI=1S/C26H23N5O3S/c1-3-15-8-10-16(11-9-15)22-19(13-27)23(29)31-25(20(22)14-28)35-21(4-2)24(32)30-18-7-5-6-17(12-18)26(33)34/h5-12,21H,3-4H2,1-2H3,(H2,29,31)(H,30,32)(H,33,34). The van der Waals surface area contributed by atoms with Gasteiger partial charge in [0.2, 0.25) is 5.91 Å². The van der Waals surface area contributed by atoms with E-state index in [2.05, 4.69) is 22.4 Å². The first-order chi connectivity index (χ1) is 16.8. The quantitative estimate of drug-likeness (QED) is 0.383. The third kappa shape index (κ3) is 5.60. The summed E-state index contributed by atoms with van der Waals surface area (Å²) in [4.78, 5) is 28.5. The number of anilines is 2. The summed E-state index contributed by atoms with van der Waals surface area (Å²) < 4.78 is 0. The van der Waals surface area contributed by atoms with Crippen molar-refractivity contribution in [2.75, 3.05) is 11.1 Å². The number of aromatic nitrogens is 1. The number of nitrogens with one attached hydrogen (secondary N) is 1. The van der Waals surface area contributed by atoms with Crippen LogP contribution in [0.15, 0.2) is 53.6 Å². The van der Waals surface area contributed by atoms with Crippen molar-refractivity contribution >= 4 is 35.1 Å². The molecule has 1 heterocycles. The van der Waals surface area contributed by atoms with Crippen molar-refractivity contribution in [1.29, 1.82) is 10.5 Å². The van der Waals surface area contributed by atoms with Crippen molar-refractivity contribution in [2.24, 2.45) is 0 Å². The molecule has 0 saturated heterocycles. The van der Waals surface area contributed by atoms with E-state index in [9.17, 15) is 25.2 Å². The number of aromatic carboxylic acids is 1. The molecule has 0 fully saturated rings. The number of thioether (sulfide) groups is 1. The summed E-state index contributed by atoms with van der Waals surface area (Å²) in [5, 5.41) is 31.2. The van der Waals surface area contributed by atoms with Crippen molar-refractivity contribution in [1.82, 2.24) is 4.98 Å². The smallest absolute Gasteiger partial charge is 0.335 e. The van der Waals surface area contributed by atoms with Gasteiger partial charge in [0.25, 0.3) is 0 Å². The number of nitriles is 2. The van der Waals surface area contributed by atoms with Crippen LogP contribution in [0.4, 0.5) is 11.5 Å². The summed E-state index contributed by atoms with van der Waals surface area (Å²) in [5.74, 6) is -1.49. The molecule has 3 rings (SSSR count). The molecule has 9 heteroatoms. The number of aryl methyl sites for hydroxylation is 1. The molecular formula is C26H23N5O3S. The Morgan fingerprint density at radius 3 is 2.37 bits per heavy atom. The molecule has 2 aromatic carbocycles. The number of nitrogens with two attached hydrogens (primary N) is 1. The Morgan fingerprint density at radius 1 is 1.11 bits per heavy atom. The Labute approximate surface area is 207 Å². The first-order valence-corrected chi connectivity index (χ1v) is 11.7. The Bertz CT molecular complexity index is 1360. The maximum atomic E-state index is 13.0. The topological polar surface area (TPSA) is 153 Å². The number of benzene rings is 2. The van der Waals surface area contributed by atoms with Crippen LogP contribution in [0.1, 0.15) is 47.3 Å². The van der Waals surface area contributed by atoms with Gasteiger partial charge in [0, 0.05) is 11.3 Å². The number of carbonyl (C=O) groups is 2. The maximum Gasteiger partial charge on any atom is 0.335 e. The number of amides is 1. The zero-order valence-electron chi connectivity index (χ0n) is 19.2. The molecule has 0 aliphatic heterocycles. The lowest BCUT2D eigenvalue weighted by atomic mass is 9.96. The molecule has 0 bridgehead atoms. The van der Waals surface area contributed by atoms with Gasteiger partial charge in [-0.3, -0.25) is 4.79 Å². The van der Waals surface area contributed by atoms with E-state index in [1.54, 1.807) is 12.1 Å². The summed E-state index contributed by atoms with van der Waals surface area (Å²) in [5.41, 5.74) is 8.93. The fraction of sp³-hybridized carbons (Fsp3) is 0.192. The van der Waals surface area contributed by atoms with Crippen LogP contribution in [0.3, 0.4) is 0 Å². The van der Waals surface area contributed by atoms with E-state index >= 15 is 0 Å². The molecule has 0 aliphatic carbocycles. The van der Waals surface area contributed by atoms with Crippen LogP contribution in [0, 0.1) is 22.7 Å². The Hall–Kier alpha value is -4.34. The van der Waals surface area contributed by atoms with Gasteiger partial charge in [0.1, 0.15) is 28.5 Å². The first-order valence-electron chi connectivity index (χ1n) is 10.9. The van der Waals surface area contributed by atoms with Crippen LogP contribution < -0.4 is 11.1 Å². The molecule has 0 radical (unpaired) electrons. The first kappa shape index (κ1) is 25.3. The summed E-state index contributed by atoms with van der Waals surface area (Å²) in [6.07, 6.45) is 1.25. The number of hydrogen-bond acceptors (Lipinski definition) is 7. The largest absolute Gasteiger partial charge is 0.478 e. The van der Waals surface area contributed by atoms with Crippen LogP contribution in [0.5, 0.6) is 0 Å². The van der Waals surface area contributed by atoms with E-state index < -0.39 is 11.2 Å². The Kier molecular flexibility index (Phi) is 8.08. The molecule has 0 spiro atoms. The molecule has 1 amide bonds. The van der Waals surface area contributed by atoms with E-state index in [4.69, 9.17) is 5.73 Å². The predicted octanol–water partition coefficient (Wildman–Crippen LogP) is 4.84. The minimum Gasteiger partial charge on any atom is -0.478 e. The number of nitrogen functional groups attached to an aromatic ring is 1. The van der Waals surface area contributed by atoms with Gasteiger partial charge in [-0.25, -0.2) is 9.78 Å². The van der Waals surface area contributed by atoms with E-state index in [0.717, 1.165) is 23.7 Å². The SMILES string of the molecule is CCc1ccc(-c2c(C#N)c(N)nc(SC(CC)C(=O)Nc3cccc(C(=O)O)c3)c2C#N)cc1. The van der Waals surface area contributed by atoms with Crippen molar-refractivity contribution in [2.45, 2.75) is 37.0 Å². The molecule has 4 N–H and O–H groups in total.